The van der Waals surface area contributed by atoms with Crippen LogP contribution in [0, 0.1) is 0 Å². The minimum atomic E-state index is -1.35. The average Bonchev–Trinajstić information content (AvgIpc) is 3.15. The van der Waals surface area contributed by atoms with Gasteiger partial charge in [-0.25, -0.2) is 0 Å². The molecule has 174 valence electrons. The maximum absolute atomic E-state index is 10.5. The highest BCUT2D eigenvalue weighted by Gasteiger charge is 2.48. The van der Waals surface area contributed by atoms with Crippen LogP contribution in [0.1, 0.15) is 16.7 Å². The van der Waals surface area contributed by atoms with Gasteiger partial charge in [0.15, 0.2) is 6.29 Å². The number of rotatable bonds is 11. The van der Waals surface area contributed by atoms with Crippen molar-refractivity contribution in [3.63, 3.8) is 0 Å². The summed E-state index contributed by atoms with van der Waals surface area (Å²) in [5.41, 5.74) is 3.02. The van der Waals surface area contributed by atoms with Gasteiger partial charge in [-0.1, -0.05) is 91.0 Å². The minimum Gasteiger partial charge on any atom is -0.385 e. The molecular formula is C27H30O6. The van der Waals surface area contributed by atoms with Crippen LogP contribution < -0.4 is 0 Å². The molecule has 1 aliphatic heterocycles. The molecule has 0 aromatic heterocycles. The first-order chi connectivity index (χ1) is 16.2. The van der Waals surface area contributed by atoms with Crippen molar-refractivity contribution in [3.05, 3.63) is 108 Å². The van der Waals surface area contributed by atoms with E-state index in [0.717, 1.165) is 16.7 Å². The molecule has 1 saturated heterocycles. The zero-order valence-electron chi connectivity index (χ0n) is 18.4. The van der Waals surface area contributed by atoms with Gasteiger partial charge in [0, 0.05) is 0 Å². The first-order valence-corrected chi connectivity index (χ1v) is 11.1. The van der Waals surface area contributed by atoms with Crippen LogP contribution in [0.2, 0.25) is 0 Å². The average molecular weight is 451 g/mol. The molecule has 3 aromatic carbocycles. The minimum absolute atomic E-state index is 0.219. The van der Waals surface area contributed by atoms with Crippen LogP contribution in [0.15, 0.2) is 91.0 Å². The zero-order valence-corrected chi connectivity index (χ0v) is 18.4. The second-order valence-corrected chi connectivity index (χ2v) is 8.08. The summed E-state index contributed by atoms with van der Waals surface area (Å²) in [6.07, 6.45) is -4.55. The predicted molar refractivity (Wildman–Crippen MR) is 123 cm³/mol. The van der Waals surface area contributed by atoms with Crippen molar-refractivity contribution in [3.8, 4) is 0 Å². The van der Waals surface area contributed by atoms with E-state index in [1.165, 1.54) is 0 Å². The Balaban J connectivity index is 1.44. The van der Waals surface area contributed by atoms with Gasteiger partial charge in [0.25, 0.3) is 0 Å². The van der Waals surface area contributed by atoms with Gasteiger partial charge >= 0.3 is 0 Å². The lowest BCUT2D eigenvalue weighted by atomic mass is 10.1. The standard InChI is InChI=1S/C27H30O6/c28-24-26(32-18-22-14-8-3-9-15-22)25(33-27(24)29)23(31-17-21-12-6-2-7-13-21)19-30-16-20-10-4-1-5-11-20/h1-15,23-29H,16-19H2/t23?,24-,25-,26-,27-/m1/s1. The quantitative estimate of drug-likeness (QED) is 0.466. The van der Waals surface area contributed by atoms with Crippen molar-refractivity contribution >= 4 is 0 Å². The Hall–Kier alpha value is -2.58. The Morgan fingerprint density at radius 3 is 1.79 bits per heavy atom. The smallest absolute Gasteiger partial charge is 0.184 e. The Bertz CT molecular complexity index is 937. The summed E-state index contributed by atoms with van der Waals surface area (Å²) < 4.78 is 23.8. The largest absolute Gasteiger partial charge is 0.385 e. The number of aliphatic hydroxyl groups excluding tert-OH is 2. The summed E-state index contributed by atoms with van der Waals surface area (Å²) in [4.78, 5) is 0. The summed E-state index contributed by atoms with van der Waals surface area (Å²) in [7, 11) is 0. The van der Waals surface area contributed by atoms with E-state index in [0.29, 0.717) is 13.2 Å². The van der Waals surface area contributed by atoms with Crippen molar-refractivity contribution in [1.82, 2.24) is 0 Å². The van der Waals surface area contributed by atoms with Gasteiger partial charge in [0.2, 0.25) is 0 Å². The van der Waals surface area contributed by atoms with Crippen LogP contribution in [0.3, 0.4) is 0 Å². The molecule has 1 aliphatic rings. The highest BCUT2D eigenvalue weighted by molar-refractivity contribution is 5.15. The zero-order chi connectivity index (χ0) is 22.9. The van der Waals surface area contributed by atoms with E-state index in [2.05, 4.69) is 0 Å². The van der Waals surface area contributed by atoms with Crippen molar-refractivity contribution in [2.24, 2.45) is 0 Å². The topological polar surface area (TPSA) is 77.4 Å². The Morgan fingerprint density at radius 1 is 0.697 bits per heavy atom. The molecule has 0 bridgehead atoms. The number of hydrogen-bond donors (Lipinski definition) is 2. The molecule has 6 nitrogen and oxygen atoms in total. The Kier molecular flexibility index (Phi) is 8.60. The summed E-state index contributed by atoms with van der Waals surface area (Å²) in [5, 5.41) is 20.8. The van der Waals surface area contributed by atoms with Gasteiger partial charge in [0.1, 0.15) is 24.4 Å². The fourth-order valence-electron chi connectivity index (χ4n) is 3.82. The van der Waals surface area contributed by atoms with E-state index in [1.54, 1.807) is 0 Å². The second-order valence-electron chi connectivity index (χ2n) is 8.08. The molecule has 1 fully saturated rings. The molecular weight excluding hydrogens is 420 g/mol. The molecule has 0 amide bonds. The molecule has 0 spiro atoms. The molecule has 4 rings (SSSR count). The molecule has 3 aromatic rings. The number of hydrogen-bond acceptors (Lipinski definition) is 6. The predicted octanol–water partition coefficient (Wildman–Crippen LogP) is 3.45. The van der Waals surface area contributed by atoms with Crippen molar-refractivity contribution in [2.75, 3.05) is 6.61 Å². The molecule has 33 heavy (non-hydrogen) atoms. The van der Waals surface area contributed by atoms with Crippen LogP contribution in [0.25, 0.3) is 0 Å². The molecule has 1 heterocycles. The van der Waals surface area contributed by atoms with Gasteiger partial charge in [0.05, 0.1) is 26.4 Å². The lowest BCUT2D eigenvalue weighted by molar-refractivity contribution is -0.170. The lowest BCUT2D eigenvalue weighted by Crippen LogP contribution is -2.44. The maximum Gasteiger partial charge on any atom is 0.184 e. The van der Waals surface area contributed by atoms with Gasteiger partial charge < -0.3 is 29.2 Å². The third-order valence-corrected chi connectivity index (χ3v) is 5.60. The summed E-state index contributed by atoms with van der Waals surface area (Å²) in [6, 6.07) is 29.3. The van der Waals surface area contributed by atoms with Gasteiger partial charge in [-0.05, 0) is 16.7 Å². The van der Waals surface area contributed by atoms with Crippen LogP contribution in [0.5, 0.6) is 0 Å². The number of ether oxygens (including phenoxy) is 4. The third-order valence-electron chi connectivity index (χ3n) is 5.60. The van der Waals surface area contributed by atoms with Crippen LogP contribution in [0.4, 0.5) is 0 Å². The fraction of sp³-hybridized carbons (Fsp3) is 0.333. The van der Waals surface area contributed by atoms with E-state index < -0.39 is 30.7 Å². The van der Waals surface area contributed by atoms with Gasteiger partial charge in [-0.15, -0.1) is 0 Å². The molecule has 0 saturated carbocycles. The summed E-state index contributed by atoms with van der Waals surface area (Å²) in [6.45, 7) is 1.26. The van der Waals surface area contributed by atoms with Gasteiger partial charge in [-0.3, -0.25) is 0 Å². The Labute approximate surface area is 194 Å². The van der Waals surface area contributed by atoms with E-state index >= 15 is 0 Å². The van der Waals surface area contributed by atoms with E-state index in [9.17, 15) is 10.2 Å². The molecule has 0 radical (unpaired) electrons. The highest BCUT2D eigenvalue weighted by atomic mass is 16.7. The molecule has 0 aliphatic carbocycles. The monoisotopic (exact) mass is 450 g/mol. The van der Waals surface area contributed by atoms with Crippen molar-refractivity contribution in [1.29, 1.82) is 0 Å². The van der Waals surface area contributed by atoms with Gasteiger partial charge in [-0.2, -0.15) is 0 Å². The van der Waals surface area contributed by atoms with Crippen LogP contribution >= 0.6 is 0 Å². The van der Waals surface area contributed by atoms with E-state index in [4.69, 9.17) is 18.9 Å². The molecule has 5 atom stereocenters. The maximum atomic E-state index is 10.5. The SMILES string of the molecule is O[C@@H]1[C@@H](OCc2ccccc2)[C@@H](C(COCc2ccccc2)OCc2ccccc2)O[C@H]1O. The Morgan fingerprint density at radius 2 is 1.21 bits per heavy atom. The van der Waals surface area contributed by atoms with Crippen molar-refractivity contribution < 1.29 is 29.2 Å². The van der Waals surface area contributed by atoms with E-state index in [1.807, 2.05) is 91.0 Å². The second kappa shape index (κ2) is 12.0. The van der Waals surface area contributed by atoms with Crippen LogP contribution in [-0.4, -0.2) is 47.5 Å². The van der Waals surface area contributed by atoms with E-state index in [-0.39, 0.29) is 13.2 Å². The summed E-state index contributed by atoms with van der Waals surface area (Å²) in [5.74, 6) is 0. The van der Waals surface area contributed by atoms with Crippen molar-refractivity contribution in [2.45, 2.75) is 50.5 Å². The first kappa shape index (κ1) is 23.6. The molecule has 2 N–H and O–H groups in total. The highest BCUT2D eigenvalue weighted by Crippen LogP contribution is 2.28. The first-order valence-electron chi connectivity index (χ1n) is 11.1. The normalized spacial score (nSPS) is 23.5. The molecule has 6 heteroatoms. The fourth-order valence-corrected chi connectivity index (χ4v) is 3.82. The summed E-state index contributed by atoms with van der Waals surface area (Å²) >= 11 is 0. The number of aliphatic hydroxyl groups is 2. The lowest BCUT2D eigenvalue weighted by Gasteiger charge is -2.28. The number of benzene rings is 3. The third kappa shape index (κ3) is 6.71. The van der Waals surface area contributed by atoms with Crippen LogP contribution in [-0.2, 0) is 38.8 Å². The molecule has 1 unspecified atom stereocenters.